The monoisotopic (exact) mass is 338 g/mol. The fourth-order valence-electron chi connectivity index (χ4n) is 2.88. The number of ether oxygens (including phenoxy) is 1. The standard InChI is InChI=1S/C20H26N4O/c1-2-3-4-5-6-17-15-22-20(21)19(23-17)16-7-9-18(10-8-16)24-11-13-25-14-12-24/h5-10,15H,2-4,11-14H2,1H3,(H2,21,22)/b6-5+. The fraction of sp³-hybridized carbons (Fsp3) is 0.400. The van der Waals surface area contributed by atoms with Gasteiger partial charge in [-0.25, -0.2) is 9.97 Å². The molecule has 1 fully saturated rings. The Morgan fingerprint density at radius 3 is 2.68 bits per heavy atom. The van der Waals surface area contributed by atoms with Crippen molar-refractivity contribution in [3.05, 3.63) is 42.2 Å². The minimum absolute atomic E-state index is 0.463. The first-order chi connectivity index (χ1) is 12.3. The van der Waals surface area contributed by atoms with Gasteiger partial charge in [-0.15, -0.1) is 0 Å². The van der Waals surface area contributed by atoms with E-state index in [0.717, 1.165) is 49.7 Å². The average molecular weight is 338 g/mol. The quantitative estimate of drug-likeness (QED) is 0.812. The SMILES string of the molecule is CCCC/C=C/c1cnc(N)c(-c2ccc(N3CCOCC3)cc2)n1. The Labute approximate surface area is 149 Å². The molecule has 0 amide bonds. The van der Waals surface area contributed by atoms with E-state index in [1.165, 1.54) is 18.5 Å². The minimum Gasteiger partial charge on any atom is -0.382 e. The third-order valence-electron chi connectivity index (χ3n) is 4.35. The van der Waals surface area contributed by atoms with Gasteiger partial charge in [0, 0.05) is 24.3 Å². The smallest absolute Gasteiger partial charge is 0.150 e. The van der Waals surface area contributed by atoms with Crippen molar-refractivity contribution in [2.24, 2.45) is 0 Å². The lowest BCUT2D eigenvalue weighted by atomic mass is 10.1. The number of aromatic nitrogens is 2. The van der Waals surface area contributed by atoms with Gasteiger partial charge in [0.1, 0.15) is 11.5 Å². The number of nitrogens with two attached hydrogens (primary N) is 1. The summed E-state index contributed by atoms with van der Waals surface area (Å²) in [5.74, 6) is 0.463. The van der Waals surface area contributed by atoms with Crippen molar-refractivity contribution in [2.45, 2.75) is 26.2 Å². The Morgan fingerprint density at radius 2 is 1.96 bits per heavy atom. The maximum absolute atomic E-state index is 6.05. The molecule has 1 aliphatic heterocycles. The van der Waals surface area contributed by atoms with Crippen molar-refractivity contribution in [2.75, 3.05) is 36.9 Å². The number of hydrogen-bond acceptors (Lipinski definition) is 5. The van der Waals surface area contributed by atoms with Crippen molar-refractivity contribution in [3.8, 4) is 11.3 Å². The lowest BCUT2D eigenvalue weighted by Gasteiger charge is -2.28. The third kappa shape index (κ3) is 4.57. The number of benzene rings is 1. The van der Waals surface area contributed by atoms with Crippen LogP contribution in [0.5, 0.6) is 0 Å². The highest BCUT2D eigenvalue weighted by Crippen LogP contribution is 2.26. The van der Waals surface area contributed by atoms with Crippen LogP contribution in [-0.2, 0) is 4.74 Å². The van der Waals surface area contributed by atoms with Crippen LogP contribution < -0.4 is 10.6 Å². The second-order valence-electron chi connectivity index (χ2n) is 6.22. The van der Waals surface area contributed by atoms with E-state index in [0.29, 0.717) is 5.82 Å². The summed E-state index contributed by atoms with van der Waals surface area (Å²) in [7, 11) is 0. The highest BCUT2D eigenvalue weighted by molar-refractivity contribution is 5.72. The van der Waals surface area contributed by atoms with E-state index in [-0.39, 0.29) is 0 Å². The molecule has 25 heavy (non-hydrogen) atoms. The Balaban J connectivity index is 1.77. The van der Waals surface area contributed by atoms with Crippen molar-refractivity contribution in [1.82, 2.24) is 9.97 Å². The summed E-state index contributed by atoms with van der Waals surface area (Å²) in [6, 6.07) is 8.36. The molecular formula is C20H26N4O. The first-order valence-corrected chi connectivity index (χ1v) is 9.00. The van der Waals surface area contributed by atoms with Crippen molar-refractivity contribution >= 4 is 17.6 Å². The maximum atomic E-state index is 6.05. The molecule has 1 aliphatic rings. The maximum Gasteiger partial charge on any atom is 0.150 e. The minimum atomic E-state index is 0.463. The second kappa shape index (κ2) is 8.62. The molecule has 2 N–H and O–H groups in total. The van der Waals surface area contributed by atoms with Gasteiger partial charge in [0.25, 0.3) is 0 Å². The van der Waals surface area contributed by atoms with Gasteiger partial charge in [-0.1, -0.05) is 38.0 Å². The summed E-state index contributed by atoms with van der Waals surface area (Å²) in [5, 5.41) is 0. The molecule has 1 saturated heterocycles. The number of nitrogens with zero attached hydrogens (tertiary/aromatic N) is 3. The van der Waals surface area contributed by atoms with E-state index in [1.54, 1.807) is 6.20 Å². The summed E-state index contributed by atoms with van der Waals surface area (Å²) in [6.45, 7) is 5.62. The van der Waals surface area contributed by atoms with Crippen LogP contribution >= 0.6 is 0 Å². The van der Waals surface area contributed by atoms with E-state index in [2.05, 4.69) is 52.1 Å². The lowest BCUT2D eigenvalue weighted by Crippen LogP contribution is -2.36. The summed E-state index contributed by atoms with van der Waals surface area (Å²) in [4.78, 5) is 11.3. The van der Waals surface area contributed by atoms with E-state index < -0.39 is 0 Å². The number of unbranched alkanes of at least 4 members (excludes halogenated alkanes) is 2. The van der Waals surface area contributed by atoms with Crippen LogP contribution in [0.1, 0.15) is 31.9 Å². The molecule has 2 heterocycles. The summed E-state index contributed by atoms with van der Waals surface area (Å²) in [5.41, 5.74) is 9.84. The van der Waals surface area contributed by atoms with Crippen LogP contribution in [0.3, 0.4) is 0 Å². The Bertz CT molecular complexity index is 706. The molecule has 3 rings (SSSR count). The van der Waals surface area contributed by atoms with Gasteiger partial charge in [-0.05, 0) is 24.6 Å². The predicted molar refractivity (Wildman–Crippen MR) is 103 cm³/mol. The van der Waals surface area contributed by atoms with Crippen LogP contribution in [-0.4, -0.2) is 36.3 Å². The Kier molecular flexibility index (Phi) is 6.01. The molecule has 1 aromatic carbocycles. The highest BCUT2D eigenvalue weighted by atomic mass is 16.5. The zero-order chi connectivity index (χ0) is 17.5. The molecule has 0 radical (unpaired) electrons. The summed E-state index contributed by atoms with van der Waals surface area (Å²) in [6.07, 6.45) is 9.34. The molecular weight excluding hydrogens is 312 g/mol. The van der Waals surface area contributed by atoms with Crippen molar-refractivity contribution < 1.29 is 4.74 Å². The van der Waals surface area contributed by atoms with E-state index >= 15 is 0 Å². The van der Waals surface area contributed by atoms with Gasteiger partial charge < -0.3 is 15.4 Å². The number of morpholine rings is 1. The zero-order valence-electron chi connectivity index (χ0n) is 14.8. The largest absolute Gasteiger partial charge is 0.382 e. The predicted octanol–water partition coefficient (Wildman–Crippen LogP) is 3.77. The number of nitrogen functional groups attached to an aromatic ring is 1. The van der Waals surface area contributed by atoms with Crippen LogP contribution in [0.2, 0.25) is 0 Å². The molecule has 5 nitrogen and oxygen atoms in total. The van der Waals surface area contributed by atoms with Crippen LogP contribution in [0.25, 0.3) is 17.3 Å². The average Bonchev–Trinajstić information content (AvgIpc) is 2.67. The second-order valence-corrected chi connectivity index (χ2v) is 6.22. The molecule has 0 spiro atoms. The molecule has 0 unspecified atom stereocenters. The topological polar surface area (TPSA) is 64.3 Å². The summed E-state index contributed by atoms with van der Waals surface area (Å²) >= 11 is 0. The van der Waals surface area contributed by atoms with Crippen LogP contribution in [0.15, 0.2) is 36.5 Å². The Hall–Kier alpha value is -2.40. The number of hydrogen-bond donors (Lipinski definition) is 1. The highest BCUT2D eigenvalue weighted by Gasteiger charge is 2.12. The van der Waals surface area contributed by atoms with E-state index in [1.807, 2.05) is 6.08 Å². The van der Waals surface area contributed by atoms with Gasteiger partial charge >= 0.3 is 0 Å². The van der Waals surface area contributed by atoms with Gasteiger partial charge in [0.05, 0.1) is 25.1 Å². The molecule has 0 atom stereocenters. The van der Waals surface area contributed by atoms with Gasteiger partial charge in [-0.2, -0.15) is 0 Å². The number of rotatable bonds is 6. The van der Waals surface area contributed by atoms with Gasteiger partial charge in [-0.3, -0.25) is 0 Å². The molecule has 0 bridgehead atoms. The molecule has 0 aliphatic carbocycles. The first-order valence-electron chi connectivity index (χ1n) is 9.00. The zero-order valence-corrected chi connectivity index (χ0v) is 14.8. The number of anilines is 2. The van der Waals surface area contributed by atoms with Crippen molar-refractivity contribution in [1.29, 1.82) is 0 Å². The first kappa shape index (κ1) is 17.4. The molecule has 1 aromatic heterocycles. The summed E-state index contributed by atoms with van der Waals surface area (Å²) < 4.78 is 5.41. The molecule has 132 valence electrons. The molecule has 2 aromatic rings. The number of allylic oxidation sites excluding steroid dienone is 1. The van der Waals surface area contributed by atoms with E-state index in [9.17, 15) is 0 Å². The van der Waals surface area contributed by atoms with E-state index in [4.69, 9.17) is 10.5 Å². The molecule has 5 heteroatoms. The fourth-order valence-corrected chi connectivity index (χ4v) is 2.88. The molecule has 0 saturated carbocycles. The third-order valence-corrected chi connectivity index (χ3v) is 4.35. The normalized spacial score (nSPS) is 15.0. The Morgan fingerprint density at radius 1 is 1.20 bits per heavy atom. The van der Waals surface area contributed by atoms with Gasteiger partial charge in [0.2, 0.25) is 0 Å². The lowest BCUT2D eigenvalue weighted by molar-refractivity contribution is 0.122. The van der Waals surface area contributed by atoms with Crippen LogP contribution in [0.4, 0.5) is 11.5 Å². The van der Waals surface area contributed by atoms with Gasteiger partial charge in [0.15, 0.2) is 0 Å². The van der Waals surface area contributed by atoms with Crippen molar-refractivity contribution in [3.63, 3.8) is 0 Å². The van der Waals surface area contributed by atoms with Crippen LogP contribution in [0, 0.1) is 0 Å².